The van der Waals surface area contributed by atoms with E-state index in [1.165, 1.54) is 0 Å². The van der Waals surface area contributed by atoms with Crippen molar-refractivity contribution in [3.63, 3.8) is 0 Å². The standard InChI is InChI=1S/C9H7BrO2/c1-11-8-6-4-2-3-5-7(6)12-9(8)10/h2-5H,1H3. The number of rotatable bonds is 1. The molecule has 0 aliphatic rings. The first kappa shape index (κ1) is 7.68. The number of benzene rings is 1. The molecule has 1 aromatic heterocycles. The highest BCUT2D eigenvalue weighted by atomic mass is 79.9. The highest BCUT2D eigenvalue weighted by molar-refractivity contribution is 9.10. The molecule has 1 heterocycles. The zero-order valence-electron chi connectivity index (χ0n) is 6.50. The summed E-state index contributed by atoms with van der Waals surface area (Å²) in [6, 6.07) is 7.75. The van der Waals surface area contributed by atoms with Gasteiger partial charge in [0.1, 0.15) is 5.58 Å². The molecular formula is C9H7BrO2. The smallest absolute Gasteiger partial charge is 0.212 e. The van der Waals surface area contributed by atoms with Crippen LogP contribution in [0.15, 0.2) is 33.4 Å². The van der Waals surface area contributed by atoms with Crippen LogP contribution in [0.2, 0.25) is 0 Å². The molecule has 0 unspecified atom stereocenters. The summed E-state index contributed by atoms with van der Waals surface area (Å²) >= 11 is 3.28. The SMILES string of the molecule is COc1c(Br)oc2ccccc12. The first-order valence-corrected chi connectivity index (χ1v) is 4.33. The van der Waals surface area contributed by atoms with Crippen molar-refractivity contribution in [1.82, 2.24) is 0 Å². The molecule has 0 fully saturated rings. The molecule has 1 aromatic carbocycles. The number of fused-ring (bicyclic) bond motifs is 1. The van der Waals surface area contributed by atoms with Gasteiger partial charge >= 0.3 is 0 Å². The third kappa shape index (κ3) is 1.01. The highest BCUT2D eigenvalue weighted by Crippen LogP contribution is 2.36. The monoisotopic (exact) mass is 226 g/mol. The van der Waals surface area contributed by atoms with E-state index in [-0.39, 0.29) is 0 Å². The van der Waals surface area contributed by atoms with Crippen LogP contribution in [0.3, 0.4) is 0 Å². The largest absolute Gasteiger partial charge is 0.492 e. The highest BCUT2D eigenvalue weighted by Gasteiger charge is 2.10. The molecule has 0 aliphatic heterocycles. The van der Waals surface area contributed by atoms with Crippen molar-refractivity contribution in [2.24, 2.45) is 0 Å². The molecule has 2 nitrogen and oxygen atoms in total. The Kier molecular flexibility index (Phi) is 1.81. The Bertz CT molecular complexity index is 406. The second-order valence-electron chi connectivity index (χ2n) is 2.41. The molecular weight excluding hydrogens is 220 g/mol. The summed E-state index contributed by atoms with van der Waals surface area (Å²) in [5.41, 5.74) is 0.834. The first-order valence-electron chi connectivity index (χ1n) is 3.54. The molecule has 2 rings (SSSR count). The van der Waals surface area contributed by atoms with Crippen molar-refractivity contribution in [3.8, 4) is 5.75 Å². The van der Waals surface area contributed by atoms with E-state index in [9.17, 15) is 0 Å². The van der Waals surface area contributed by atoms with Gasteiger partial charge in [0.15, 0.2) is 5.75 Å². The lowest BCUT2D eigenvalue weighted by atomic mass is 10.2. The molecule has 0 aliphatic carbocycles. The number of methoxy groups -OCH3 is 1. The number of para-hydroxylation sites is 1. The number of hydrogen-bond acceptors (Lipinski definition) is 2. The van der Waals surface area contributed by atoms with Gasteiger partial charge < -0.3 is 9.15 Å². The Balaban J connectivity index is 2.81. The van der Waals surface area contributed by atoms with Crippen molar-refractivity contribution in [2.75, 3.05) is 7.11 Å². The molecule has 12 heavy (non-hydrogen) atoms. The van der Waals surface area contributed by atoms with Gasteiger partial charge in [-0.3, -0.25) is 0 Å². The molecule has 0 amide bonds. The van der Waals surface area contributed by atoms with Gasteiger partial charge in [-0.25, -0.2) is 0 Å². The van der Waals surface area contributed by atoms with E-state index in [2.05, 4.69) is 15.9 Å². The first-order chi connectivity index (χ1) is 5.83. The molecule has 2 aromatic rings. The molecule has 0 radical (unpaired) electrons. The number of hydrogen-bond donors (Lipinski definition) is 0. The van der Waals surface area contributed by atoms with Crippen LogP contribution in [0.25, 0.3) is 11.0 Å². The van der Waals surface area contributed by atoms with Crippen LogP contribution in [0, 0.1) is 0 Å². The third-order valence-corrected chi connectivity index (χ3v) is 2.24. The van der Waals surface area contributed by atoms with Crippen molar-refractivity contribution >= 4 is 26.9 Å². The Labute approximate surface area is 78.3 Å². The Morgan fingerprint density at radius 2 is 2.08 bits per heavy atom. The van der Waals surface area contributed by atoms with Crippen molar-refractivity contribution in [2.45, 2.75) is 0 Å². The summed E-state index contributed by atoms with van der Waals surface area (Å²) in [7, 11) is 1.63. The fraction of sp³-hybridized carbons (Fsp3) is 0.111. The number of halogens is 1. The van der Waals surface area contributed by atoms with E-state index in [0.29, 0.717) is 4.67 Å². The van der Waals surface area contributed by atoms with E-state index in [0.717, 1.165) is 16.7 Å². The fourth-order valence-corrected chi connectivity index (χ4v) is 1.73. The van der Waals surface area contributed by atoms with Crippen LogP contribution >= 0.6 is 15.9 Å². The predicted octanol–water partition coefficient (Wildman–Crippen LogP) is 3.20. The Morgan fingerprint density at radius 3 is 2.83 bits per heavy atom. The maximum atomic E-state index is 5.38. The number of ether oxygens (including phenoxy) is 1. The zero-order chi connectivity index (χ0) is 8.55. The molecule has 62 valence electrons. The minimum Gasteiger partial charge on any atom is -0.492 e. The Morgan fingerprint density at radius 1 is 1.33 bits per heavy atom. The topological polar surface area (TPSA) is 22.4 Å². The van der Waals surface area contributed by atoms with E-state index in [1.54, 1.807) is 7.11 Å². The fourth-order valence-electron chi connectivity index (χ4n) is 1.18. The van der Waals surface area contributed by atoms with Crippen molar-refractivity contribution in [3.05, 3.63) is 28.9 Å². The van der Waals surface area contributed by atoms with Crippen LogP contribution in [-0.2, 0) is 0 Å². The average Bonchev–Trinajstić information content (AvgIpc) is 2.40. The van der Waals surface area contributed by atoms with Crippen molar-refractivity contribution < 1.29 is 9.15 Å². The maximum Gasteiger partial charge on any atom is 0.212 e. The van der Waals surface area contributed by atoms with Crippen LogP contribution in [0.1, 0.15) is 0 Å². The summed E-state index contributed by atoms with van der Waals surface area (Å²) in [5, 5.41) is 0.992. The van der Waals surface area contributed by atoms with Crippen LogP contribution in [-0.4, -0.2) is 7.11 Å². The lowest BCUT2D eigenvalue weighted by molar-refractivity contribution is 0.403. The van der Waals surface area contributed by atoms with Crippen LogP contribution in [0.5, 0.6) is 5.75 Å². The molecule has 0 spiro atoms. The zero-order valence-corrected chi connectivity index (χ0v) is 8.09. The lowest BCUT2D eigenvalue weighted by Gasteiger charge is -1.93. The second kappa shape index (κ2) is 2.83. The van der Waals surface area contributed by atoms with E-state index in [1.807, 2.05) is 24.3 Å². The molecule has 0 saturated heterocycles. The number of furan rings is 1. The van der Waals surface area contributed by atoms with Gasteiger partial charge in [0.2, 0.25) is 4.67 Å². The summed E-state index contributed by atoms with van der Waals surface area (Å²) < 4.78 is 11.2. The van der Waals surface area contributed by atoms with Gasteiger partial charge in [-0.2, -0.15) is 0 Å². The summed E-state index contributed by atoms with van der Waals surface area (Å²) in [6.45, 7) is 0. The lowest BCUT2D eigenvalue weighted by Crippen LogP contribution is -1.79. The van der Waals surface area contributed by atoms with Gasteiger partial charge in [-0.05, 0) is 28.1 Å². The normalized spacial score (nSPS) is 10.5. The van der Waals surface area contributed by atoms with Gasteiger partial charge in [0.25, 0.3) is 0 Å². The minimum absolute atomic E-state index is 0.645. The van der Waals surface area contributed by atoms with Gasteiger partial charge in [0, 0.05) is 0 Å². The maximum absolute atomic E-state index is 5.38. The van der Waals surface area contributed by atoms with E-state index in [4.69, 9.17) is 9.15 Å². The minimum atomic E-state index is 0.645. The second-order valence-corrected chi connectivity index (χ2v) is 3.13. The summed E-state index contributed by atoms with van der Waals surface area (Å²) in [6.07, 6.45) is 0. The van der Waals surface area contributed by atoms with Crippen LogP contribution < -0.4 is 4.74 Å². The van der Waals surface area contributed by atoms with Crippen LogP contribution in [0.4, 0.5) is 0 Å². The molecule has 0 saturated carbocycles. The summed E-state index contributed by atoms with van der Waals surface area (Å²) in [4.78, 5) is 0. The molecule has 0 N–H and O–H groups in total. The van der Waals surface area contributed by atoms with E-state index >= 15 is 0 Å². The van der Waals surface area contributed by atoms with Gasteiger partial charge in [0.05, 0.1) is 12.5 Å². The predicted molar refractivity (Wildman–Crippen MR) is 50.5 cm³/mol. The quantitative estimate of drug-likeness (QED) is 0.746. The van der Waals surface area contributed by atoms with E-state index < -0.39 is 0 Å². The average molecular weight is 227 g/mol. The van der Waals surface area contributed by atoms with Crippen molar-refractivity contribution in [1.29, 1.82) is 0 Å². The third-order valence-electron chi connectivity index (χ3n) is 1.71. The van der Waals surface area contributed by atoms with Gasteiger partial charge in [-0.1, -0.05) is 12.1 Å². The summed E-state index contributed by atoms with van der Waals surface area (Å²) in [5.74, 6) is 0.755. The van der Waals surface area contributed by atoms with Gasteiger partial charge in [-0.15, -0.1) is 0 Å². The molecule has 0 atom stereocenters. The molecule has 0 bridgehead atoms. The molecule has 3 heteroatoms. The Hall–Kier alpha value is -0.960.